The van der Waals surface area contributed by atoms with Crippen LogP contribution in [0.1, 0.15) is 34.5 Å². The molecule has 0 aromatic carbocycles. The van der Waals surface area contributed by atoms with Crippen LogP contribution < -0.4 is 11.1 Å². The zero-order valence-electron chi connectivity index (χ0n) is 9.53. The molecule has 92 valence electrons. The quantitative estimate of drug-likeness (QED) is 0.680. The van der Waals surface area contributed by atoms with Gasteiger partial charge in [-0.25, -0.2) is 0 Å². The summed E-state index contributed by atoms with van der Waals surface area (Å²) in [6.07, 6.45) is 2.89. The Bertz CT molecular complexity index is 590. The molecule has 2 heterocycles. The predicted octanol–water partition coefficient (Wildman–Crippen LogP) is -0.589. The van der Waals surface area contributed by atoms with Crippen molar-refractivity contribution in [1.29, 1.82) is 0 Å². The molecule has 0 bridgehead atoms. The van der Waals surface area contributed by atoms with E-state index in [2.05, 4.69) is 10.3 Å². The molecule has 1 saturated carbocycles. The van der Waals surface area contributed by atoms with E-state index in [4.69, 9.17) is 5.73 Å². The molecule has 6 nitrogen and oxygen atoms in total. The number of carbonyl (C=O) groups is 3. The first-order valence-electron chi connectivity index (χ1n) is 5.66. The minimum Gasteiger partial charge on any atom is -0.369 e. The first-order chi connectivity index (χ1) is 8.53. The van der Waals surface area contributed by atoms with E-state index in [9.17, 15) is 14.4 Å². The van der Waals surface area contributed by atoms with Gasteiger partial charge in [-0.05, 0) is 24.5 Å². The minimum absolute atomic E-state index is 0.130. The molecule has 0 radical (unpaired) electrons. The molecular formula is C12H11N3O3. The summed E-state index contributed by atoms with van der Waals surface area (Å²) in [6, 6.07) is 1.66. The smallest absolute Gasteiger partial charge is 0.259 e. The Morgan fingerprint density at radius 2 is 2.11 bits per heavy atom. The Balaban J connectivity index is 2.06. The topological polar surface area (TPSA) is 102 Å². The molecule has 18 heavy (non-hydrogen) atoms. The van der Waals surface area contributed by atoms with Crippen LogP contribution in [0.25, 0.3) is 0 Å². The first-order valence-corrected chi connectivity index (χ1v) is 5.66. The molecule has 0 saturated heterocycles. The fourth-order valence-corrected chi connectivity index (χ4v) is 2.27. The third-order valence-corrected chi connectivity index (χ3v) is 3.55. The Labute approximate surface area is 103 Å². The second kappa shape index (κ2) is 3.38. The standard InChI is InChI=1S/C12H11N3O3/c13-11(18)12(1-2-12)8-3-6-4-9(16)15-10(17)7(6)5-14-8/h3,5H,1-2,4H2,(H2,13,18)(H,15,16,17). The Kier molecular flexibility index (Phi) is 2.04. The van der Waals surface area contributed by atoms with Crippen LogP contribution in [0.2, 0.25) is 0 Å². The van der Waals surface area contributed by atoms with Gasteiger partial charge in [0.2, 0.25) is 11.8 Å². The first kappa shape index (κ1) is 10.9. The van der Waals surface area contributed by atoms with Crippen molar-refractivity contribution in [2.45, 2.75) is 24.7 Å². The van der Waals surface area contributed by atoms with E-state index >= 15 is 0 Å². The summed E-state index contributed by atoms with van der Waals surface area (Å²) in [5.74, 6) is -1.18. The van der Waals surface area contributed by atoms with Gasteiger partial charge >= 0.3 is 0 Å². The molecule has 0 atom stereocenters. The molecule has 3 rings (SSSR count). The number of pyridine rings is 1. The van der Waals surface area contributed by atoms with Crippen molar-refractivity contribution in [3.05, 3.63) is 29.1 Å². The normalized spacial score (nSPS) is 20.0. The minimum atomic E-state index is -0.688. The summed E-state index contributed by atoms with van der Waals surface area (Å²) in [6.45, 7) is 0. The number of carbonyl (C=O) groups excluding carboxylic acids is 3. The van der Waals surface area contributed by atoms with Crippen LogP contribution >= 0.6 is 0 Å². The van der Waals surface area contributed by atoms with E-state index in [0.29, 0.717) is 29.7 Å². The van der Waals surface area contributed by atoms with Crippen molar-refractivity contribution in [3.63, 3.8) is 0 Å². The highest BCUT2D eigenvalue weighted by molar-refractivity contribution is 6.09. The van der Waals surface area contributed by atoms with Crippen molar-refractivity contribution < 1.29 is 14.4 Å². The number of aromatic nitrogens is 1. The molecule has 1 aromatic rings. The second-order valence-corrected chi connectivity index (χ2v) is 4.73. The largest absolute Gasteiger partial charge is 0.369 e. The number of hydrogen-bond donors (Lipinski definition) is 2. The maximum absolute atomic E-state index is 11.5. The molecule has 0 unspecified atom stereocenters. The Hall–Kier alpha value is -2.24. The van der Waals surface area contributed by atoms with Gasteiger partial charge in [0, 0.05) is 6.20 Å². The molecular weight excluding hydrogens is 234 g/mol. The maximum Gasteiger partial charge on any atom is 0.259 e. The Morgan fingerprint density at radius 3 is 2.72 bits per heavy atom. The van der Waals surface area contributed by atoms with Gasteiger partial charge < -0.3 is 5.73 Å². The summed E-state index contributed by atoms with van der Waals surface area (Å²) >= 11 is 0. The lowest BCUT2D eigenvalue weighted by Gasteiger charge is -2.17. The average molecular weight is 245 g/mol. The number of fused-ring (bicyclic) bond motifs is 1. The van der Waals surface area contributed by atoms with E-state index in [-0.39, 0.29) is 12.3 Å². The highest BCUT2D eigenvalue weighted by Crippen LogP contribution is 2.47. The van der Waals surface area contributed by atoms with Crippen LogP contribution in [-0.4, -0.2) is 22.7 Å². The van der Waals surface area contributed by atoms with Crippen LogP contribution in [0.3, 0.4) is 0 Å². The van der Waals surface area contributed by atoms with E-state index < -0.39 is 17.2 Å². The lowest BCUT2D eigenvalue weighted by molar-refractivity contribution is -0.120. The summed E-state index contributed by atoms with van der Waals surface area (Å²) in [5.41, 5.74) is 6.25. The van der Waals surface area contributed by atoms with Crippen LogP contribution in [0.15, 0.2) is 12.3 Å². The van der Waals surface area contributed by atoms with Crippen LogP contribution in [0, 0.1) is 0 Å². The van der Waals surface area contributed by atoms with Crippen LogP contribution in [0.5, 0.6) is 0 Å². The number of rotatable bonds is 2. The van der Waals surface area contributed by atoms with E-state index in [1.54, 1.807) is 6.07 Å². The summed E-state index contributed by atoms with van der Waals surface area (Å²) < 4.78 is 0. The summed E-state index contributed by atoms with van der Waals surface area (Å²) in [5, 5.41) is 2.22. The number of amides is 3. The van der Waals surface area contributed by atoms with Gasteiger partial charge in [-0.2, -0.15) is 0 Å². The van der Waals surface area contributed by atoms with Gasteiger partial charge in [0.05, 0.1) is 23.1 Å². The maximum atomic E-state index is 11.5. The number of nitrogens with one attached hydrogen (secondary N) is 1. The average Bonchev–Trinajstić information content (AvgIpc) is 3.08. The third kappa shape index (κ3) is 1.42. The van der Waals surface area contributed by atoms with Crippen molar-refractivity contribution >= 4 is 17.7 Å². The number of primary amides is 1. The number of hydrogen-bond acceptors (Lipinski definition) is 4. The molecule has 3 amide bonds. The molecule has 6 heteroatoms. The number of nitrogens with two attached hydrogens (primary N) is 1. The molecule has 2 aliphatic rings. The van der Waals surface area contributed by atoms with Gasteiger partial charge in [0.15, 0.2) is 0 Å². The molecule has 1 aromatic heterocycles. The molecule has 0 spiro atoms. The van der Waals surface area contributed by atoms with E-state index in [1.807, 2.05) is 0 Å². The highest BCUT2D eigenvalue weighted by Gasteiger charge is 2.51. The van der Waals surface area contributed by atoms with Crippen molar-refractivity contribution in [2.24, 2.45) is 5.73 Å². The number of imide groups is 1. The predicted molar refractivity (Wildman–Crippen MR) is 60.5 cm³/mol. The van der Waals surface area contributed by atoms with Crippen molar-refractivity contribution in [2.75, 3.05) is 0 Å². The summed E-state index contributed by atoms with van der Waals surface area (Å²) in [4.78, 5) is 38.4. The van der Waals surface area contributed by atoms with Gasteiger partial charge in [-0.15, -0.1) is 0 Å². The van der Waals surface area contributed by atoms with Gasteiger partial charge in [-0.3, -0.25) is 24.7 Å². The van der Waals surface area contributed by atoms with E-state index in [1.165, 1.54) is 6.20 Å². The highest BCUT2D eigenvalue weighted by atomic mass is 16.2. The third-order valence-electron chi connectivity index (χ3n) is 3.55. The van der Waals surface area contributed by atoms with Gasteiger partial charge in [0.25, 0.3) is 5.91 Å². The molecule has 1 aliphatic carbocycles. The van der Waals surface area contributed by atoms with Crippen molar-refractivity contribution in [3.8, 4) is 0 Å². The molecule has 1 aliphatic heterocycles. The van der Waals surface area contributed by atoms with Gasteiger partial charge in [0.1, 0.15) is 0 Å². The van der Waals surface area contributed by atoms with Crippen LogP contribution in [-0.2, 0) is 21.4 Å². The fourth-order valence-electron chi connectivity index (χ4n) is 2.27. The van der Waals surface area contributed by atoms with E-state index in [0.717, 1.165) is 0 Å². The SMILES string of the molecule is NC(=O)C1(c2cc3c(cn2)C(=O)NC(=O)C3)CC1. The second-order valence-electron chi connectivity index (χ2n) is 4.73. The number of nitrogens with zero attached hydrogens (tertiary/aromatic N) is 1. The zero-order valence-corrected chi connectivity index (χ0v) is 9.53. The summed E-state index contributed by atoms with van der Waals surface area (Å²) in [7, 11) is 0. The fraction of sp³-hybridized carbons (Fsp3) is 0.333. The lowest BCUT2D eigenvalue weighted by atomic mass is 9.95. The van der Waals surface area contributed by atoms with Crippen molar-refractivity contribution in [1.82, 2.24) is 10.3 Å². The monoisotopic (exact) mass is 245 g/mol. The lowest BCUT2D eigenvalue weighted by Crippen LogP contribution is -2.38. The van der Waals surface area contributed by atoms with Gasteiger partial charge in [-0.1, -0.05) is 0 Å². The molecule has 1 fully saturated rings. The molecule has 3 N–H and O–H groups in total. The Morgan fingerprint density at radius 1 is 1.39 bits per heavy atom. The zero-order chi connectivity index (χ0) is 12.9. The van der Waals surface area contributed by atoms with Crippen LogP contribution in [0.4, 0.5) is 0 Å².